The van der Waals surface area contributed by atoms with E-state index < -0.39 is 0 Å². The molecule has 16 heavy (non-hydrogen) atoms. The maximum Gasteiger partial charge on any atom is 0.270 e. The summed E-state index contributed by atoms with van der Waals surface area (Å²) in [5.74, 6) is -0.148. The molecule has 0 bridgehead atoms. The summed E-state index contributed by atoms with van der Waals surface area (Å²) in [7, 11) is 0. The summed E-state index contributed by atoms with van der Waals surface area (Å²) in [4.78, 5) is 26.6. The van der Waals surface area contributed by atoms with Crippen molar-refractivity contribution < 1.29 is 9.59 Å². The van der Waals surface area contributed by atoms with Gasteiger partial charge in [0.15, 0.2) is 0 Å². The molecule has 2 heterocycles. The Balaban J connectivity index is 1.91. The van der Waals surface area contributed by atoms with Crippen molar-refractivity contribution in [3.63, 3.8) is 0 Å². The molecule has 0 spiro atoms. The third-order valence-corrected chi connectivity index (χ3v) is 2.50. The number of aromatic nitrogens is 1. The molecule has 0 saturated carbocycles. The van der Waals surface area contributed by atoms with Crippen LogP contribution in [-0.2, 0) is 4.79 Å². The second kappa shape index (κ2) is 4.74. The fourth-order valence-electron chi connectivity index (χ4n) is 1.61. The lowest BCUT2D eigenvalue weighted by Crippen LogP contribution is -2.47. The van der Waals surface area contributed by atoms with Crippen LogP contribution in [0.3, 0.4) is 0 Å². The van der Waals surface area contributed by atoms with Crippen molar-refractivity contribution >= 4 is 11.8 Å². The van der Waals surface area contributed by atoms with Crippen LogP contribution in [0, 0.1) is 0 Å². The predicted octanol–water partition coefficient (Wildman–Crippen LogP) is 0.0900. The average Bonchev–Trinajstić information content (AvgIpc) is 2.33. The van der Waals surface area contributed by atoms with E-state index in [1.165, 1.54) is 0 Å². The first-order valence-electron chi connectivity index (χ1n) is 5.24. The van der Waals surface area contributed by atoms with Crippen LogP contribution in [0.5, 0.6) is 0 Å². The van der Waals surface area contributed by atoms with Gasteiger partial charge in [-0.15, -0.1) is 0 Å². The molecule has 1 aromatic heterocycles. The molecule has 0 radical (unpaired) electrons. The molecule has 5 nitrogen and oxygen atoms in total. The van der Waals surface area contributed by atoms with E-state index in [2.05, 4.69) is 15.6 Å². The maximum atomic E-state index is 11.7. The molecule has 1 saturated heterocycles. The van der Waals surface area contributed by atoms with Gasteiger partial charge in [0, 0.05) is 25.2 Å². The van der Waals surface area contributed by atoms with E-state index in [-0.39, 0.29) is 17.9 Å². The molecular formula is C11H13N3O2. The van der Waals surface area contributed by atoms with Crippen molar-refractivity contribution in [2.75, 3.05) is 6.54 Å². The van der Waals surface area contributed by atoms with Gasteiger partial charge in [0.05, 0.1) is 0 Å². The number of nitrogens with zero attached hydrogens (tertiary/aromatic N) is 1. The zero-order valence-corrected chi connectivity index (χ0v) is 8.77. The fourth-order valence-corrected chi connectivity index (χ4v) is 1.61. The fraction of sp³-hybridized carbons (Fsp3) is 0.364. The van der Waals surface area contributed by atoms with Crippen LogP contribution in [0.4, 0.5) is 0 Å². The summed E-state index contributed by atoms with van der Waals surface area (Å²) in [5.41, 5.74) is 0.402. The molecule has 2 amide bonds. The van der Waals surface area contributed by atoms with E-state index in [4.69, 9.17) is 0 Å². The van der Waals surface area contributed by atoms with Gasteiger partial charge < -0.3 is 10.6 Å². The lowest BCUT2D eigenvalue weighted by atomic mass is 10.1. The van der Waals surface area contributed by atoms with E-state index in [1.54, 1.807) is 24.4 Å². The third-order valence-electron chi connectivity index (χ3n) is 2.50. The minimum absolute atomic E-state index is 0.00667. The molecule has 1 unspecified atom stereocenters. The Morgan fingerprint density at radius 1 is 1.50 bits per heavy atom. The molecule has 1 aliphatic rings. The Kier molecular flexibility index (Phi) is 3.14. The summed E-state index contributed by atoms with van der Waals surface area (Å²) >= 11 is 0. The molecule has 0 aliphatic carbocycles. The van der Waals surface area contributed by atoms with Crippen LogP contribution in [0.25, 0.3) is 0 Å². The molecule has 2 rings (SSSR count). The van der Waals surface area contributed by atoms with Crippen LogP contribution < -0.4 is 10.6 Å². The molecule has 2 N–H and O–H groups in total. The van der Waals surface area contributed by atoms with Gasteiger partial charge in [-0.25, -0.2) is 0 Å². The molecule has 1 aromatic rings. The van der Waals surface area contributed by atoms with Gasteiger partial charge in [-0.05, 0) is 18.6 Å². The molecule has 1 fully saturated rings. The minimum Gasteiger partial charge on any atom is -0.354 e. The van der Waals surface area contributed by atoms with E-state index in [1.807, 2.05) is 0 Å². The topological polar surface area (TPSA) is 71.1 Å². The van der Waals surface area contributed by atoms with E-state index in [0.717, 1.165) is 0 Å². The summed E-state index contributed by atoms with van der Waals surface area (Å²) in [5, 5.41) is 5.55. The molecule has 5 heteroatoms. The van der Waals surface area contributed by atoms with Crippen molar-refractivity contribution in [3.05, 3.63) is 30.1 Å². The van der Waals surface area contributed by atoms with Gasteiger partial charge in [-0.3, -0.25) is 14.6 Å². The molecule has 1 atom stereocenters. The number of nitrogens with one attached hydrogen (secondary N) is 2. The van der Waals surface area contributed by atoms with Gasteiger partial charge in [0.1, 0.15) is 5.69 Å². The SMILES string of the molecule is O=C1CCC(NC(=O)c2ccccn2)CN1. The van der Waals surface area contributed by atoms with Crippen LogP contribution in [0.1, 0.15) is 23.3 Å². The standard InChI is InChI=1S/C11H13N3O2/c15-10-5-4-8(7-13-10)14-11(16)9-3-1-2-6-12-9/h1-3,6,8H,4-5,7H2,(H,13,15)(H,14,16). The van der Waals surface area contributed by atoms with Gasteiger partial charge in [0.2, 0.25) is 5.91 Å². The van der Waals surface area contributed by atoms with Crippen LogP contribution in [0.2, 0.25) is 0 Å². The Hall–Kier alpha value is -1.91. The zero-order valence-electron chi connectivity index (χ0n) is 8.77. The van der Waals surface area contributed by atoms with Crippen molar-refractivity contribution in [1.29, 1.82) is 0 Å². The summed E-state index contributed by atoms with van der Waals surface area (Å²) in [6, 6.07) is 5.20. The summed E-state index contributed by atoms with van der Waals surface area (Å²) in [6.45, 7) is 0.497. The predicted molar refractivity (Wildman–Crippen MR) is 57.7 cm³/mol. The Morgan fingerprint density at radius 2 is 2.38 bits per heavy atom. The molecule has 0 aromatic carbocycles. The van der Waals surface area contributed by atoms with Crippen molar-refractivity contribution in [3.8, 4) is 0 Å². The quantitative estimate of drug-likeness (QED) is 0.740. The zero-order chi connectivity index (χ0) is 11.4. The van der Waals surface area contributed by atoms with Gasteiger partial charge >= 0.3 is 0 Å². The molecular weight excluding hydrogens is 206 g/mol. The highest BCUT2D eigenvalue weighted by molar-refractivity contribution is 5.92. The highest BCUT2D eigenvalue weighted by Crippen LogP contribution is 2.03. The minimum atomic E-state index is -0.193. The van der Waals surface area contributed by atoms with Crippen LogP contribution in [-0.4, -0.2) is 29.4 Å². The van der Waals surface area contributed by atoms with Gasteiger partial charge in [-0.2, -0.15) is 0 Å². The molecule has 1 aliphatic heterocycles. The number of carbonyl (C=O) groups is 2. The second-order valence-electron chi connectivity index (χ2n) is 3.73. The van der Waals surface area contributed by atoms with E-state index in [0.29, 0.717) is 25.1 Å². The van der Waals surface area contributed by atoms with Crippen molar-refractivity contribution in [2.24, 2.45) is 0 Å². The smallest absolute Gasteiger partial charge is 0.270 e. The first kappa shape index (κ1) is 10.6. The monoisotopic (exact) mass is 219 g/mol. The van der Waals surface area contributed by atoms with Gasteiger partial charge in [0.25, 0.3) is 5.91 Å². The number of amides is 2. The highest BCUT2D eigenvalue weighted by atomic mass is 16.2. The third kappa shape index (κ3) is 2.56. The lowest BCUT2D eigenvalue weighted by Gasteiger charge is -2.23. The number of hydrogen-bond acceptors (Lipinski definition) is 3. The summed E-state index contributed by atoms with van der Waals surface area (Å²) < 4.78 is 0. The lowest BCUT2D eigenvalue weighted by molar-refractivity contribution is -0.122. The number of pyridine rings is 1. The normalized spacial score (nSPS) is 20.0. The van der Waals surface area contributed by atoms with E-state index >= 15 is 0 Å². The van der Waals surface area contributed by atoms with Gasteiger partial charge in [-0.1, -0.05) is 6.07 Å². The van der Waals surface area contributed by atoms with Crippen LogP contribution in [0.15, 0.2) is 24.4 Å². The summed E-state index contributed by atoms with van der Waals surface area (Å²) in [6.07, 6.45) is 2.73. The van der Waals surface area contributed by atoms with Crippen molar-refractivity contribution in [1.82, 2.24) is 15.6 Å². The van der Waals surface area contributed by atoms with E-state index in [9.17, 15) is 9.59 Å². The first-order chi connectivity index (χ1) is 7.75. The Bertz CT molecular complexity index is 381. The maximum absolute atomic E-state index is 11.7. The number of carbonyl (C=O) groups excluding carboxylic acids is 2. The molecule has 84 valence electrons. The average molecular weight is 219 g/mol. The second-order valence-corrected chi connectivity index (χ2v) is 3.73. The largest absolute Gasteiger partial charge is 0.354 e. The van der Waals surface area contributed by atoms with Crippen molar-refractivity contribution in [2.45, 2.75) is 18.9 Å². The Morgan fingerprint density at radius 3 is 3.00 bits per heavy atom. The number of piperidine rings is 1. The Labute approximate surface area is 93.3 Å². The highest BCUT2D eigenvalue weighted by Gasteiger charge is 2.20. The number of hydrogen-bond donors (Lipinski definition) is 2. The van der Waals surface area contributed by atoms with Crippen LogP contribution >= 0.6 is 0 Å². The number of rotatable bonds is 2. The first-order valence-corrected chi connectivity index (χ1v) is 5.24.